The summed E-state index contributed by atoms with van der Waals surface area (Å²) in [6.45, 7) is 1.20. The Morgan fingerprint density at radius 3 is 2.53 bits per heavy atom. The number of rotatable bonds is 4. The lowest BCUT2D eigenvalue weighted by Crippen LogP contribution is -2.64. The first-order valence-electron chi connectivity index (χ1n) is 13.3. The summed E-state index contributed by atoms with van der Waals surface area (Å²) in [4.78, 5) is 12.0. The molecule has 13 unspecified atom stereocenters. The Kier molecular flexibility index (Phi) is 5.91. The number of aliphatic hydroxyl groups is 6. The fraction of sp³-hybridized carbons (Fsp3) is 0.885. The van der Waals surface area contributed by atoms with E-state index in [4.69, 9.17) is 14.2 Å². The minimum Gasteiger partial charge on any atom is -0.455 e. The number of ether oxygens (including phenoxy) is 3. The molecule has 0 amide bonds. The van der Waals surface area contributed by atoms with Crippen molar-refractivity contribution in [2.45, 2.75) is 100 Å². The fourth-order valence-corrected chi connectivity index (χ4v) is 9.33. The number of carbonyl (C=O) groups excluding carboxylic acids is 1. The van der Waals surface area contributed by atoms with Crippen molar-refractivity contribution in [1.82, 2.24) is 0 Å². The summed E-state index contributed by atoms with van der Waals surface area (Å²) in [6, 6.07) is 0. The van der Waals surface area contributed by atoms with Crippen LogP contribution in [0.3, 0.4) is 0 Å². The highest BCUT2D eigenvalue weighted by molar-refractivity contribution is 5.86. The molecule has 36 heavy (non-hydrogen) atoms. The first-order chi connectivity index (χ1) is 17.1. The Bertz CT molecular complexity index is 938. The van der Waals surface area contributed by atoms with Gasteiger partial charge in [0.25, 0.3) is 0 Å². The van der Waals surface area contributed by atoms with Gasteiger partial charge in [0.05, 0.1) is 19.3 Å². The van der Waals surface area contributed by atoms with Crippen LogP contribution in [0.2, 0.25) is 0 Å². The van der Waals surface area contributed by atoms with Crippen molar-refractivity contribution in [3.05, 3.63) is 11.6 Å². The largest absolute Gasteiger partial charge is 0.455 e. The summed E-state index contributed by atoms with van der Waals surface area (Å²) in [7, 11) is 0. The van der Waals surface area contributed by atoms with Crippen LogP contribution in [0.15, 0.2) is 11.6 Å². The molecule has 4 saturated carbocycles. The third kappa shape index (κ3) is 3.16. The van der Waals surface area contributed by atoms with Gasteiger partial charge in [-0.1, -0.05) is 6.92 Å². The molecule has 13 atom stereocenters. The smallest absolute Gasteiger partial charge is 0.331 e. The Hall–Kier alpha value is -1.11. The lowest BCUT2D eigenvalue weighted by Gasteiger charge is -2.61. The van der Waals surface area contributed by atoms with Gasteiger partial charge in [0.2, 0.25) is 0 Å². The number of hydrogen-bond donors (Lipinski definition) is 6. The molecule has 1 spiro atoms. The molecule has 6 rings (SSSR count). The Labute approximate surface area is 209 Å². The van der Waals surface area contributed by atoms with Gasteiger partial charge in [0.1, 0.15) is 36.1 Å². The molecule has 0 aromatic rings. The lowest BCUT2D eigenvalue weighted by molar-refractivity contribution is -0.345. The SMILES string of the molecule is CC12CCC3OC(=O)C=C3C1CCC13CC(CCC21)C(CO)(OC1OC(CO)C(O)C(O)C1O)C3O. The van der Waals surface area contributed by atoms with Crippen LogP contribution in [0.4, 0.5) is 0 Å². The topological polar surface area (TPSA) is 166 Å². The Morgan fingerprint density at radius 1 is 1.03 bits per heavy atom. The second-order valence-electron chi connectivity index (χ2n) is 12.3. The van der Waals surface area contributed by atoms with E-state index in [0.29, 0.717) is 19.3 Å². The molecule has 2 bridgehead atoms. The molecule has 1 saturated heterocycles. The van der Waals surface area contributed by atoms with Gasteiger partial charge in [-0.2, -0.15) is 0 Å². The van der Waals surface area contributed by atoms with Crippen molar-refractivity contribution < 1.29 is 49.6 Å². The molecule has 10 nitrogen and oxygen atoms in total. The van der Waals surface area contributed by atoms with Gasteiger partial charge in [-0.05, 0) is 73.7 Å². The molecule has 202 valence electrons. The van der Waals surface area contributed by atoms with Crippen LogP contribution in [0.25, 0.3) is 0 Å². The highest BCUT2D eigenvalue weighted by Crippen LogP contribution is 2.72. The predicted molar refractivity (Wildman–Crippen MR) is 122 cm³/mol. The summed E-state index contributed by atoms with van der Waals surface area (Å²) in [5, 5.41) is 63.3. The van der Waals surface area contributed by atoms with Gasteiger partial charge in [0, 0.05) is 11.5 Å². The van der Waals surface area contributed by atoms with Crippen LogP contribution in [0.5, 0.6) is 0 Å². The van der Waals surface area contributed by atoms with E-state index in [2.05, 4.69) is 6.92 Å². The number of esters is 1. The third-order valence-corrected chi connectivity index (χ3v) is 11.0. The van der Waals surface area contributed by atoms with E-state index in [-0.39, 0.29) is 35.2 Å². The molecule has 0 aromatic heterocycles. The van der Waals surface area contributed by atoms with E-state index in [1.807, 2.05) is 0 Å². The lowest BCUT2D eigenvalue weighted by atomic mass is 9.44. The predicted octanol–water partition coefficient (Wildman–Crippen LogP) is -0.627. The van der Waals surface area contributed by atoms with Gasteiger partial charge < -0.3 is 44.8 Å². The van der Waals surface area contributed by atoms with Crippen LogP contribution in [0, 0.1) is 28.6 Å². The number of carbonyl (C=O) groups is 1. The standard InChI is InChI=1S/C26H38O10/c1-24-6-5-15-13(8-18(29)34-15)14(24)4-7-25-9-12(2-3-17(24)25)26(11-28,23(25)33)36-22-21(32)20(31)19(30)16(10-27)35-22/h8,12,14-17,19-23,27-28,30-33H,2-7,9-11H2,1H3. The average molecular weight is 511 g/mol. The van der Waals surface area contributed by atoms with Crippen molar-refractivity contribution in [1.29, 1.82) is 0 Å². The van der Waals surface area contributed by atoms with Crippen LogP contribution in [-0.4, -0.2) is 98.3 Å². The normalized spacial score (nSPS) is 55.9. The second-order valence-corrected chi connectivity index (χ2v) is 12.3. The summed E-state index contributed by atoms with van der Waals surface area (Å²) < 4.78 is 17.4. The zero-order valence-electron chi connectivity index (χ0n) is 20.5. The van der Waals surface area contributed by atoms with E-state index >= 15 is 0 Å². The van der Waals surface area contributed by atoms with E-state index < -0.39 is 61.0 Å². The maximum absolute atomic E-state index is 12.0. The van der Waals surface area contributed by atoms with Crippen LogP contribution in [-0.2, 0) is 19.0 Å². The molecule has 2 heterocycles. The maximum Gasteiger partial charge on any atom is 0.331 e. The third-order valence-electron chi connectivity index (χ3n) is 11.0. The minimum absolute atomic E-state index is 0.130. The zero-order chi connectivity index (χ0) is 25.6. The van der Waals surface area contributed by atoms with Gasteiger partial charge in [-0.15, -0.1) is 0 Å². The number of fused-ring (bicyclic) bond motifs is 5. The van der Waals surface area contributed by atoms with Crippen LogP contribution < -0.4 is 0 Å². The van der Waals surface area contributed by atoms with Gasteiger partial charge in [-0.3, -0.25) is 0 Å². The quantitative estimate of drug-likeness (QED) is 0.268. The first-order valence-corrected chi connectivity index (χ1v) is 13.3. The summed E-state index contributed by atoms with van der Waals surface area (Å²) in [5.74, 6) is -0.0958. The highest BCUT2D eigenvalue weighted by atomic mass is 16.7. The van der Waals surface area contributed by atoms with E-state index in [1.54, 1.807) is 6.08 Å². The van der Waals surface area contributed by atoms with E-state index in [1.165, 1.54) is 0 Å². The Balaban J connectivity index is 1.31. The fourth-order valence-electron chi connectivity index (χ4n) is 9.33. The van der Waals surface area contributed by atoms with Crippen molar-refractivity contribution in [2.24, 2.45) is 28.6 Å². The summed E-state index contributed by atoms with van der Waals surface area (Å²) in [6.07, 6.45) is -1.40. The average Bonchev–Trinajstić information content (AvgIpc) is 3.32. The van der Waals surface area contributed by atoms with Crippen LogP contribution in [0.1, 0.15) is 51.9 Å². The number of aliphatic hydroxyl groups excluding tert-OH is 6. The Morgan fingerprint density at radius 2 is 1.81 bits per heavy atom. The van der Waals surface area contributed by atoms with Crippen molar-refractivity contribution in [3.63, 3.8) is 0 Å². The first kappa shape index (κ1) is 25.2. The number of hydrogen-bond acceptors (Lipinski definition) is 10. The van der Waals surface area contributed by atoms with Gasteiger partial charge >= 0.3 is 5.97 Å². The monoisotopic (exact) mass is 510 g/mol. The molecule has 0 radical (unpaired) electrons. The van der Waals surface area contributed by atoms with Crippen LogP contribution >= 0.6 is 0 Å². The molecular weight excluding hydrogens is 472 g/mol. The summed E-state index contributed by atoms with van der Waals surface area (Å²) >= 11 is 0. The van der Waals surface area contributed by atoms with Crippen molar-refractivity contribution in [2.75, 3.05) is 13.2 Å². The van der Waals surface area contributed by atoms with Crippen molar-refractivity contribution >= 4 is 5.97 Å². The summed E-state index contributed by atoms with van der Waals surface area (Å²) in [5.41, 5.74) is -0.949. The molecule has 4 aliphatic carbocycles. The molecule has 5 fully saturated rings. The molecule has 6 aliphatic rings. The highest BCUT2D eigenvalue weighted by Gasteiger charge is 2.72. The molecule has 2 aliphatic heterocycles. The molecule has 0 aromatic carbocycles. The molecular formula is C26H38O10. The molecule has 6 N–H and O–H groups in total. The zero-order valence-corrected chi connectivity index (χ0v) is 20.5. The second kappa shape index (κ2) is 8.44. The van der Waals surface area contributed by atoms with E-state index in [9.17, 15) is 35.4 Å². The van der Waals surface area contributed by atoms with Gasteiger partial charge in [0.15, 0.2) is 6.29 Å². The van der Waals surface area contributed by atoms with Crippen molar-refractivity contribution in [3.8, 4) is 0 Å². The van der Waals surface area contributed by atoms with Gasteiger partial charge in [-0.25, -0.2) is 4.79 Å². The minimum atomic E-state index is -1.61. The van der Waals surface area contributed by atoms with E-state index in [0.717, 1.165) is 31.3 Å². The molecule has 10 heteroatoms. The maximum atomic E-state index is 12.0.